The van der Waals surface area contributed by atoms with Gasteiger partial charge in [-0.2, -0.15) is 5.10 Å². The second-order valence-electron chi connectivity index (χ2n) is 6.55. The van der Waals surface area contributed by atoms with Crippen LogP contribution in [0.1, 0.15) is 10.6 Å². The molecule has 2 aromatic heterocycles. The van der Waals surface area contributed by atoms with E-state index < -0.39 is 10.8 Å². The quantitative estimate of drug-likeness (QED) is 0.553. The lowest BCUT2D eigenvalue weighted by Crippen LogP contribution is -2.49. The molecule has 0 bridgehead atoms. The number of anilines is 2. The lowest BCUT2D eigenvalue weighted by Gasteiger charge is -2.35. The molecule has 0 atom stereocenters. The maximum Gasteiger partial charge on any atom is 0.433 e. The number of aromatic nitrogens is 2. The third-order valence-corrected chi connectivity index (χ3v) is 4.88. The average Bonchev–Trinajstić information content (AvgIpc) is 3.25. The molecule has 11 heteroatoms. The van der Waals surface area contributed by atoms with E-state index in [1.54, 1.807) is 11.1 Å². The van der Waals surface area contributed by atoms with Crippen LogP contribution in [0.25, 0.3) is 0 Å². The van der Waals surface area contributed by atoms with Gasteiger partial charge in [0.1, 0.15) is 4.92 Å². The summed E-state index contributed by atoms with van der Waals surface area (Å²) in [5.74, 6) is -0.0305. The molecule has 0 aromatic carbocycles. The van der Waals surface area contributed by atoms with Crippen LogP contribution in [0.5, 0.6) is 0 Å². The molecule has 0 N–H and O–H groups in total. The third-order valence-electron chi connectivity index (χ3n) is 4.88. The number of carbonyl (C=O) groups is 1. The van der Waals surface area contributed by atoms with Gasteiger partial charge in [-0.05, 0) is 6.07 Å². The maximum absolute atomic E-state index is 12.5. The summed E-state index contributed by atoms with van der Waals surface area (Å²) >= 11 is 0. The minimum atomic E-state index is -0.658. The number of morpholine rings is 1. The van der Waals surface area contributed by atoms with Crippen molar-refractivity contribution in [1.29, 1.82) is 0 Å². The van der Waals surface area contributed by atoms with E-state index in [4.69, 9.17) is 9.15 Å². The van der Waals surface area contributed by atoms with Crippen LogP contribution in [0, 0.1) is 10.1 Å². The van der Waals surface area contributed by atoms with Crippen molar-refractivity contribution in [2.24, 2.45) is 0 Å². The molecule has 148 valence electrons. The Labute approximate surface area is 160 Å². The molecule has 1 amide bonds. The second kappa shape index (κ2) is 7.80. The van der Waals surface area contributed by atoms with Gasteiger partial charge in [-0.3, -0.25) is 14.9 Å². The number of piperazine rings is 1. The fourth-order valence-electron chi connectivity index (χ4n) is 3.33. The summed E-state index contributed by atoms with van der Waals surface area (Å²) in [4.78, 5) is 28.4. The maximum atomic E-state index is 12.5. The Hall–Kier alpha value is -3.21. The van der Waals surface area contributed by atoms with Gasteiger partial charge in [-0.15, -0.1) is 5.10 Å². The molecule has 2 aromatic rings. The number of rotatable bonds is 4. The zero-order valence-corrected chi connectivity index (χ0v) is 15.2. The Balaban J connectivity index is 1.38. The summed E-state index contributed by atoms with van der Waals surface area (Å²) in [6.07, 6.45) is 1.75. The first-order valence-electron chi connectivity index (χ1n) is 9.06. The van der Waals surface area contributed by atoms with E-state index in [9.17, 15) is 14.9 Å². The van der Waals surface area contributed by atoms with Crippen LogP contribution in [-0.2, 0) is 4.74 Å². The van der Waals surface area contributed by atoms with E-state index in [1.807, 2.05) is 6.07 Å². The summed E-state index contributed by atoms with van der Waals surface area (Å²) in [5.41, 5.74) is 1.01. The van der Waals surface area contributed by atoms with Crippen molar-refractivity contribution in [1.82, 2.24) is 15.1 Å². The van der Waals surface area contributed by atoms with Crippen molar-refractivity contribution in [3.8, 4) is 0 Å². The first kappa shape index (κ1) is 18.2. The summed E-state index contributed by atoms with van der Waals surface area (Å²) in [7, 11) is 0. The largest absolute Gasteiger partial charge is 0.433 e. The minimum absolute atomic E-state index is 0.0192. The molecule has 4 rings (SSSR count). The fourth-order valence-corrected chi connectivity index (χ4v) is 3.33. The van der Waals surface area contributed by atoms with Crippen LogP contribution in [0.3, 0.4) is 0 Å². The lowest BCUT2D eigenvalue weighted by atomic mass is 10.2. The van der Waals surface area contributed by atoms with Crippen LogP contribution in [-0.4, -0.2) is 78.4 Å². The number of amides is 1. The van der Waals surface area contributed by atoms with Gasteiger partial charge in [0.2, 0.25) is 0 Å². The van der Waals surface area contributed by atoms with Gasteiger partial charge in [0.05, 0.1) is 31.2 Å². The number of ether oxygens (including phenoxy) is 1. The monoisotopic (exact) mass is 388 g/mol. The number of nitrogens with zero attached hydrogens (tertiary/aromatic N) is 6. The molecule has 0 unspecified atom stereocenters. The van der Waals surface area contributed by atoms with Crippen molar-refractivity contribution in [3.63, 3.8) is 0 Å². The summed E-state index contributed by atoms with van der Waals surface area (Å²) < 4.78 is 10.4. The minimum Gasteiger partial charge on any atom is -0.395 e. The topological polar surface area (TPSA) is 118 Å². The van der Waals surface area contributed by atoms with Gasteiger partial charge in [0.25, 0.3) is 5.91 Å². The Morgan fingerprint density at radius 3 is 2.50 bits per heavy atom. The van der Waals surface area contributed by atoms with Gasteiger partial charge in [-0.1, -0.05) is 0 Å². The molecule has 0 saturated carbocycles. The highest BCUT2D eigenvalue weighted by molar-refractivity contribution is 5.92. The molecule has 28 heavy (non-hydrogen) atoms. The van der Waals surface area contributed by atoms with Crippen molar-refractivity contribution in [3.05, 3.63) is 40.3 Å². The normalized spacial score (nSPS) is 17.6. The SMILES string of the molecule is O=C(c1ccc([N+](=O)[O-])o1)N1CCN(c2cc(N3CCOCC3)cnn2)CC1. The Kier molecular flexibility index (Phi) is 5.06. The van der Waals surface area contributed by atoms with Crippen LogP contribution in [0.2, 0.25) is 0 Å². The van der Waals surface area contributed by atoms with E-state index in [-0.39, 0.29) is 11.7 Å². The third kappa shape index (κ3) is 3.74. The van der Waals surface area contributed by atoms with Crippen molar-refractivity contribution < 1.29 is 18.9 Å². The molecular weight excluding hydrogens is 368 g/mol. The van der Waals surface area contributed by atoms with E-state index >= 15 is 0 Å². The lowest BCUT2D eigenvalue weighted by molar-refractivity contribution is -0.402. The molecule has 11 nitrogen and oxygen atoms in total. The van der Waals surface area contributed by atoms with Crippen molar-refractivity contribution in [2.75, 3.05) is 62.3 Å². The van der Waals surface area contributed by atoms with Gasteiger partial charge >= 0.3 is 5.88 Å². The highest BCUT2D eigenvalue weighted by Crippen LogP contribution is 2.22. The number of carbonyl (C=O) groups excluding carboxylic acids is 1. The second-order valence-corrected chi connectivity index (χ2v) is 6.55. The van der Waals surface area contributed by atoms with Crippen LogP contribution >= 0.6 is 0 Å². The molecule has 4 heterocycles. The van der Waals surface area contributed by atoms with Gasteiger partial charge in [0.15, 0.2) is 11.6 Å². The van der Waals surface area contributed by atoms with Crippen LogP contribution in [0.4, 0.5) is 17.4 Å². The molecule has 2 aliphatic heterocycles. The highest BCUT2D eigenvalue weighted by Gasteiger charge is 2.27. The van der Waals surface area contributed by atoms with Crippen molar-refractivity contribution in [2.45, 2.75) is 0 Å². The number of nitro groups is 1. The zero-order chi connectivity index (χ0) is 19.5. The number of hydrogen-bond donors (Lipinski definition) is 0. The summed E-state index contributed by atoms with van der Waals surface area (Å²) in [5, 5.41) is 19.1. The number of hydrogen-bond acceptors (Lipinski definition) is 9. The number of furan rings is 1. The zero-order valence-electron chi connectivity index (χ0n) is 15.2. The summed E-state index contributed by atoms with van der Waals surface area (Å²) in [6.45, 7) is 5.16. The first-order valence-corrected chi connectivity index (χ1v) is 9.06. The van der Waals surface area contributed by atoms with Crippen LogP contribution < -0.4 is 9.80 Å². The molecule has 2 saturated heterocycles. The predicted molar refractivity (Wildman–Crippen MR) is 98.5 cm³/mol. The molecule has 2 fully saturated rings. The average molecular weight is 388 g/mol. The smallest absolute Gasteiger partial charge is 0.395 e. The molecule has 0 spiro atoms. The molecular formula is C17H20N6O5. The Morgan fingerprint density at radius 2 is 1.82 bits per heavy atom. The van der Waals surface area contributed by atoms with E-state index in [0.717, 1.165) is 24.6 Å². The van der Waals surface area contributed by atoms with Gasteiger partial charge < -0.3 is 23.9 Å². The molecule has 0 radical (unpaired) electrons. The molecule has 2 aliphatic rings. The van der Waals surface area contributed by atoms with E-state index in [1.165, 1.54) is 12.1 Å². The fraction of sp³-hybridized carbons (Fsp3) is 0.471. The van der Waals surface area contributed by atoms with E-state index in [0.29, 0.717) is 39.4 Å². The summed E-state index contributed by atoms with van der Waals surface area (Å²) in [6, 6.07) is 4.53. The van der Waals surface area contributed by atoms with E-state index in [2.05, 4.69) is 20.0 Å². The van der Waals surface area contributed by atoms with Gasteiger partial charge in [-0.25, -0.2) is 0 Å². The Morgan fingerprint density at radius 1 is 1.07 bits per heavy atom. The van der Waals surface area contributed by atoms with Gasteiger partial charge in [0, 0.05) is 45.3 Å². The van der Waals surface area contributed by atoms with Crippen molar-refractivity contribution >= 4 is 23.3 Å². The standard InChI is InChI=1S/C17H20N6O5/c24-17(14-1-2-16(28-14)23(25)26)22-5-3-21(4-6-22)15-11-13(12-18-19-15)20-7-9-27-10-8-20/h1-2,11-12H,3-10H2. The van der Waals surface area contributed by atoms with Crippen LogP contribution in [0.15, 0.2) is 28.8 Å². The Bertz CT molecular complexity index is 857. The molecule has 0 aliphatic carbocycles. The predicted octanol–water partition coefficient (Wildman–Crippen LogP) is 0.777. The highest BCUT2D eigenvalue weighted by atomic mass is 16.6. The first-order chi connectivity index (χ1) is 13.6.